The smallest absolute Gasteiger partial charge is 0.249 e. The number of anilines is 2. The molecule has 6 nitrogen and oxygen atoms in total. The van der Waals surface area contributed by atoms with Gasteiger partial charge in [-0.3, -0.25) is 9.59 Å². The van der Waals surface area contributed by atoms with E-state index in [0.29, 0.717) is 12.2 Å². The van der Waals surface area contributed by atoms with Crippen LogP contribution in [0.2, 0.25) is 0 Å². The SMILES string of the molecule is CC(=O)N1CCc2cccc(NC(=O)CN=O)c21. The summed E-state index contributed by atoms with van der Waals surface area (Å²) in [7, 11) is 0. The summed E-state index contributed by atoms with van der Waals surface area (Å²) in [5.41, 5.74) is 2.29. The molecule has 0 spiro atoms. The van der Waals surface area contributed by atoms with E-state index < -0.39 is 12.5 Å². The lowest BCUT2D eigenvalue weighted by atomic mass is 10.1. The lowest BCUT2D eigenvalue weighted by molar-refractivity contribution is -0.117. The number of hydrogen-bond donors (Lipinski definition) is 1. The summed E-state index contributed by atoms with van der Waals surface area (Å²) < 4.78 is 0. The van der Waals surface area contributed by atoms with Crippen LogP contribution in [0, 0.1) is 4.91 Å². The fourth-order valence-electron chi connectivity index (χ4n) is 2.12. The van der Waals surface area contributed by atoms with Gasteiger partial charge in [-0.2, -0.15) is 4.91 Å². The molecule has 0 aromatic heterocycles. The average molecular weight is 247 g/mol. The highest BCUT2D eigenvalue weighted by Crippen LogP contribution is 2.35. The average Bonchev–Trinajstić information content (AvgIpc) is 2.74. The number of nitrogens with zero attached hydrogens (tertiary/aromatic N) is 2. The van der Waals surface area contributed by atoms with Crippen molar-refractivity contribution < 1.29 is 9.59 Å². The van der Waals surface area contributed by atoms with Crippen molar-refractivity contribution >= 4 is 23.2 Å². The number of para-hydroxylation sites is 1. The minimum absolute atomic E-state index is 0.0658. The molecule has 1 heterocycles. The van der Waals surface area contributed by atoms with E-state index in [1.807, 2.05) is 12.1 Å². The Balaban J connectivity index is 2.32. The summed E-state index contributed by atoms with van der Waals surface area (Å²) in [6, 6.07) is 5.45. The van der Waals surface area contributed by atoms with Gasteiger partial charge >= 0.3 is 0 Å². The zero-order valence-corrected chi connectivity index (χ0v) is 9.97. The fraction of sp³-hybridized carbons (Fsp3) is 0.333. The first-order chi connectivity index (χ1) is 8.63. The number of nitroso groups, excluding NO2 is 1. The maximum absolute atomic E-state index is 11.5. The van der Waals surface area contributed by atoms with E-state index in [0.717, 1.165) is 17.7 Å². The van der Waals surface area contributed by atoms with Crippen molar-refractivity contribution in [3.05, 3.63) is 28.7 Å². The van der Waals surface area contributed by atoms with Crippen molar-refractivity contribution in [3.8, 4) is 0 Å². The number of nitrogens with one attached hydrogen (secondary N) is 1. The Bertz CT molecular complexity index is 513. The molecule has 0 aliphatic carbocycles. The van der Waals surface area contributed by atoms with Crippen LogP contribution in [0.5, 0.6) is 0 Å². The Morgan fingerprint density at radius 2 is 2.22 bits per heavy atom. The second-order valence-electron chi connectivity index (χ2n) is 4.07. The normalized spacial score (nSPS) is 13.1. The third-order valence-electron chi connectivity index (χ3n) is 2.86. The quantitative estimate of drug-likeness (QED) is 0.817. The van der Waals surface area contributed by atoms with Gasteiger partial charge in [-0.05, 0) is 18.1 Å². The molecule has 1 aliphatic heterocycles. The van der Waals surface area contributed by atoms with Gasteiger partial charge in [0.25, 0.3) is 0 Å². The van der Waals surface area contributed by atoms with Gasteiger partial charge < -0.3 is 10.2 Å². The maximum Gasteiger partial charge on any atom is 0.249 e. The Kier molecular flexibility index (Phi) is 3.36. The maximum atomic E-state index is 11.5. The summed E-state index contributed by atoms with van der Waals surface area (Å²) in [5, 5.41) is 5.14. The van der Waals surface area contributed by atoms with Crippen molar-refractivity contribution in [2.24, 2.45) is 5.18 Å². The molecule has 2 amide bonds. The molecule has 0 saturated carbocycles. The molecular formula is C12H13N3O3. The molecule has 94 valence electrons. The number of rotatable bonds is 3. The van der Waals surface area contributed by atoms with Crippen molar-refractivity contribution in [1.82, 2.24) is 0 Å². The summed E-state index contributed by atoms with van der Waals surface area (Å²) in [4.78, 5) is 34.6. The van der Waals surface area contributed by atoms with E-state index in [1.54, 1.807) is 11.0 Å². The van der Waals surface area contributed by atoms with Crippen molar-refractivity contribution in [2.45, 2.75) is 13.3 Å². The van der Waals surface area contributed by atoms with Crippen LogP contribution in [0.1, 0.15) is 12.5 Å². The predicted molar refractivity (Wildman–Crippen MR) is 67.5 cm³/mol. The van der Waals surface area contributed by atoms with E-state index in [4.69, 9.17) is 0 Å². The molecule has 2 rings (SSSR count). The van der Waals surface area contributed by atoms with E-state index in [1.165, 1.54) is 6.92 Å². The van der Waals surface area contributed by atoms with Crippen LogP contribution in [0.15, 0.2) is 23.4 Å². The number of carbonyl (C=O) groups excluding carboxylic acids is 2. The Morgan fingerprint density at radius 1 is 1.44 bits per heavy atom. The van der Waals surface area contributed by atoms with Crippen LogP contribution >= 0.6 is 0 Å². The van der Waals surface area contributed by atoms with Gasteiger partial charge in [-0.15, -0.1) is 0 Å². The minimum Gasteiger partial charge on any atom is -0.323 e. The first-order valence-electron chi connectivity index (χ1n) is 5.62. The van der Waals surface area contributed by atoms with Gasteiger partial charge in [0.2, 0.25) is 11.8 Å². The van der Waals surface area contributed by atoms with E-state index in [-0.39, 0.29) is 5.91 Å². The number of amides is 2. The Hall–Kier alpha value is -2.24. The van der Waals surface area contributed by atoms with Gasteiger partial charge in [-0.1, -0.05) is 17.3 Å². The molecule has 0 bridgehead atoms. The second kappa shape index (κ2) is 4.95. The molecule has 1 N–H and O–H groups in total. The highest BCUT2D eigenvalue weighted by molar-refractivity contribution is 6.02. The van der Waals surface area contributed by atoms with Crippen LogP contribution in [-0.4, -0.2) is 24.9 Å². The molecule has 0 radical (unpaired) electrons. The molecule has 18 heavy (non-hydrogen) atoms. The summed E-state index contributed by atoms with van der Waals surface area (Å²) >= 11 is 0. The topological polar surface area (TPSA) is 78.8 Å². The molecular weight excluding hydrogens is 234 g/mol. The van der Waals surface area contributed by atoms with Gasteiger partial charge in [0.05, 0.1) is 11.4 Å². The lowest BCUT2D eigenvalue weighted by Gasteiger charge is -2.18. The van der Waals surface area contributed by atoms with Crippen LogP contribution in [0.4, 0.5) is 11.4 Å². The van der Waals surface area contributed by atoms with Crippen LogP contribution in [-0.2, 0) is 16.0 Å². The first kappa shape index (κ1) is 12.2. The van der Waals surface area contributed by atoms with Crippen LogP contribution < -0.4 is 10.2 Å². The molecule has 1 aromatic carbocycles. The Labute approximate surface area is 104 Å². The summed E-state index contributed by atoms with van der Waals surface area (Å²) in [6.07, 6.45) is 0.768. The molecule has 0 unspecified atom stereocenters. The highest BCUT2D eigenvalue weighted by atomic mass is 16.3. The fourth-order valence-corrected chi connectivity index (χ4v) is 2.12. The zero-order chi connectivity index (χ0) is 13.1. The van der Waals surface area contributed by atoms with E-state index >= 15 is 0 Å². The van der Waals surface area contributed by atoms with Gasteiger partial charge in [0, 0.05) is 13.5 Å². The van der Waals surface area contributed by atoms with Crippen LogP contribution in [0.3, 0.4) is 0 Å². The minimum atomic E-state index is -0.478. The van der Waals surface area contributed by atoms with Crippen LogP contribution in [0.25, 0.3) is 0 Å². The molecule has 0 fully saturated rings. The number of carbonyl (C=O) groups is 2. The van der Waals surface area contributed by atoms with Crippen molar-refractivity contribution in [1.29, 1.82) is 0 Å². The molecule has 1 aliphatic rings. The third kappa shape index (κ3) is 2.22. The van der Waals surface area contributed by atoms with Gasteiger partial charge in [0.15, 0.2) is 6.54 Å². The first-order valence-corrected chi connectivity index (χ1v) is 5.62. The zero-order valence-electron chi connectivity index (χ0n) is 9.97. The van der Waals surface area contributed by atoms with E-state index in [2.05, 4.69) is 10.5 Å². The van der Waals surface area contributed by atoms with Gasteiger partial charge in [0.1, 0.15) is 0 Å². The lowest BCUT2D eigenvalue weighted by Crippen LogP contribution is -2.27. The monoisotopic (exact) mass is 247 g/mol. The third-order valence-corrected chi connectivity index (χ3v) is 2.86. The largest absolute Gasteiger partial charge is 0.323 e. The molecule has 0 atom stereocenters. The second-order valence-corrected chi connectivity index (χ2v) is 4.07. The standard InChI is InChI=1S/C12H13N3O3/c1-8(16)15-6-5-9-3-2-4-10(12(9)15)14-11(17)7-13-18/h2-4H,5-7H2,1H3,(H,14,17). The summed E-state index contributed by atoms with van der Waals surface area (Å²) in [6.45, 7) is 1.67. The van der Waals surface area contributed by atoms with Crippen molar-refractivity contribution in [2.75, 3.05) is 23.3 Å². The highest BCUT2D eigenvalue weighted by Gasteiger charge is 2.25. The van der Waals surface area contributed by atoms with E-state index in [9.17, 15) is 14.5 Å². The molecule has 1 aromatic rings. The predicted octanol–water partition coefficient (Wildman–Crippen LogP) is 1.30. The molecule has 0 saturated heterocycles. The number of benzene rings is 1. The van der Waals surface area contributed by atoms with Crippen molar-refractivity contribution in [3.63, 3.8) is 0 Å². The number of fused-ring (bicyclic) bond motifs is 1. The number of hydrogen-bond acceptors (Lipinski definition) is 4. The van der Waals surface area contributed by atoms with Gasteiger partial charge in [-0.25, -0.2) is 0 Å². The molecule has 6 heteroatoms. The Morgan fingerprint density at radius 3 is 2.89 bits per heavy atom. The summed E-state index contributed by atoms with van der Waals surface area (Å²) in [5.74, 6) is -0.544.